The molecular formula is C27H32N4O6. The first kappa shape index (κ1) is 27.3. The minimum Gasteiger partial charge on any atom is -0.447 e. The number of anilines is 1. The van der Waals surface area contributed by atoms with Crippen molar-refractivity contribution in [2.24, 2.45) is 0 Å². The van der Waals surface area contributed by atoms with Crippen molar-refractivity contribution in [3.05, 3.63) is 72.4 Å². The number of aromatic nitrogens is 1. The first-order valence-electron chi connectivity index (χ1n) is 11.8. The van der Waals surface area contributed by atoms with Gasteiger partial charge in [-0.25, -0.2) is 19.4 Å². The quantitative estimate of drug-likeness (QED) is 0.414. The second-order valence-corrected chi connectivity index (χ2v) is 9.33. The maximum atomic E-state index is 12.6. The fraction of sp³-hybridized carbons (Fsp3) is 0.333. The van der Waals surface area contributed by atoms with E-state index in [-0.39, 0.29) is 19.8 Å². The second-order valence-electron chi connectivity index (χ2n) is 9.33. The van der Waals surface area contributed by atoms with Crippen LogP contribution in [-0.2, 0) is 20.8 Å². The molecule has 0 saturated carbocycles. The first-order valence-corrected chi connectivity index (χ1v) is 11.8. The average molecular weight is 509 g/mol. The summed E-state index contributed by atoms with van der Waals surface area (Å²) in [5.41, 5.74) is 0.111. The van der Waals surface area contributed by atoms with Crippen LogP contribution < -0.4 is 10.6 Å². The predicted molar refractivity (Wildman–Crippen MR) is 139 cm³/mol. The smallest absolute Gasteiger partial charge is 0.412 e. The van der Waals surface area contributed by atoms with E-state index < -0.39 is 29.9 Å². The standard InChI is InChI=1S/C27H32N4O6/c1-27(2,3)37-26(34)31(4)22(16-29-24(32)35-17-19-10-6-5-7-11-19)18-36-25(33)30-23-14-20-12-8-9-13-21(20)15-28-23/h5-15,22H,16-18H2,1-4H3,(H,29,32)(H,28,30,33)/t22-/m0/s1. The van der Waals surface area contributed by atoms with Crippen LogP contribution in [0.4, 0.5) is 20.2 Å². The van der Waals surface area contributed by atoms with Crippen molar-refractivity contribution in [1.82, 2.24) is 15.2 Å². The number of fused-ring (bicyclic) bond motifs is 1. The van der Waals surface area contributed by atoms with Gasteiger partial charge in [0.1, 0.15) is 24.6 Å². The molecule has 2 N–H and O–H groups in total. The van der Waals surface area contributed by atoms with Gasteiger partial charge in [-0.3, -0.25) is 5.32 Å². The van der Waals surface area contributed by atoms with Crippen molar-refractivity contribution < 1.29 is 28.6 Å². The van der Waals surface area contributed by atoms with Crippen LogP contribution >= 0.6 is 0 Å². The lowest BCUT2D eigenvalue weighted by Gasteiger charge is -2.30. The van der Waals surface area contributed by atoms with Gasteiger partial charge in [0, 0.05) is 25.2 Å². The third-order valence-electron chi connectivity index (χ3n) is 5.19. The lowest BCUT2D eigenvalue weighted by Crippen LogP contribution is -2.49. The van der Waals surface area contributed by atoms with Crippen molar-refractivity contribution in [2.75, 3.05) is 25.5 Å². The van der Waals surface area contributed by atoms with Crippen LogP contribution in [0.5, 0.6) is 0 Å². The Morgan fingerprint density at radius 1 is 0.946 bits per heavy atom. The number of nitrogens with one attached hydrogen (secondary N) is 2. The highest BCUT2D eigenvalue weighted by molar-refractivity contribution is 5.89. The predicted octanol–water partition coefficient (Wildman–Crippen LogP) is 4.95. The van der Waals surface area contributed by atoms with E-state index in [4.69, 9.17) is 14.2 Å². The monoisotopic (exact) mass is 508 g/mol. The van der Waals surface area contributed by atoms with E-state index in [1.54, 1.807) is 33.0 Å². The molecule has 196 valence electrons. The number of hydrogen-bond donors (Lipinski definition) is 2. The molecule has 2 aromatic carbocycles. The zero-order chi connectivity index (χ0) is 26.8. The van der Waals surface area contributed by atoms with Crippen LogP contribution in [0.1, 0.15) is 26.3 Å². The Bertz CT molecular complexity index is 1210. The largest absolute Gasteiger partial charge is 0.447 e. The van der Waals surface area contributed by atoms with Crippen LogP contribution in [-0.4, -0.2) is 60.0 Å². The molecule has 10 nitrogen and oxygen atoms in total. The molecule has 1 heterocycles. The summed E-state index contributed by atoms with van der Waals surface area (Å²) in [5, 5.41) is 7.04. The maximum absolute atomic E-state index is 12.6. The number of likely N-dealkylation sites (N-methyl/N-ethyl adjacent to an activating group) is 1. The third-order valence-corrected chi connectivity index (χ3v) is 5.19. The van der Waals surface area contributed by atoms with Crippen molar-refractivity contribution in [2.45, 2.75) is 39.0 Å². The molecule has 0 unspecified atom stereocenters. The molecule has 0 aliphatic rings. The molecule has 0 spiro atoms. The molecule has 0 saturated heterocycles. The number of benzene rings is 2. The van der Waals surface area contributed by atoms with E-state index in [0.717, 1.165) is 16.3 Å². The number of amides is 3. The Labute approximate surface area is 215 Å². The minimum atomic E-state index is -0.753. The molecule has 3 rings (SSSR count). The summed E-state index contributed by atoms with van der Waals surface area (Å²) in [6.45, 7) is 5.07. The van der Waals surface area contributed by atoms with Gasteiger partial charge in [0.25, 0.3) is 0 Å². The van der Waals surface area contributed by atoms with E-state index in [1.165, 1.54) is 11.9 Å². The van der Waals surface area contributed by atoms with Gasteiger partial charge in [0.2, 0.25) is 0 Å². The Morgan fingerprint density at radius 2 is 1.62 bits per heavy atom. The third kappa shape index (κ3) is 8.99. The molecule has 0 fully saturated rings. The zero-order valence-electron chi connectivity index (χ0n) is 21.4. The molecule has 37 heavy (non-hydrogen) atoms. The molecule has 10 heteroatoms. The number of hydrogen-bond acceptors (Lipinski definition) is 7. The lowest BCUT2D eigenvalue weighted by atomic mass is 10.2. The number of carbonyl (C=O) groups excluding carboxylic acids is 3. The van der Waals surface area contributed by atoms with E-state index in [0.29, 0.717) is 5.82 Å². The van der Waals surface area contributed by atoms with Gasteiger partial charge in [0.15, 0.2) is 0 Å². The van der Waals surface area contributed by atoms with Crippen molar-refractivity contribution >= 4 is 34.9 Å². The Hall–Kier alpha value is -4.34. The molecule has 1 aromatic heterocycles. The summed E-state index contributed by atoms with van der Waals surface area (Å²) in [5.74, 6) is 0.323. The normalized spacial score (nSPS) is 11.8. The molecule has 1 atom stereocenters. The Morgan fingerprint density at radius 3 is 2.32 bits per heavy atom. The Kier molecular flexibility index (Phi) is 9.26. The summed E-state index contributed by atoms with van der Waals surface area (Å²) in [4.78, 5) is 42.8. The minimum absolute atomic E-state index is 0.0368. The number of nitrogens with zero attached hydrogens (tertiary/aromatic N) is 2. The van der Waals surface area contributed by atoms with Gasteiger partial charge >= 0.3 is 18.3 Å². The van der Waals surface area contributed by atoms with Crippen molar-refractivity contribution in [3.8, 4) is 0 Å². The summed E-state index contributed by atoms with van der Waals surface area (Å²) < 4.78 is 16.0. The van der Waals surface area contributed by atoms with Gasteiger partial charge in [0.05, 0.1) is 6.04 Å². The van der Waals surface area contributed by atoms with Gasteiger partial charge in [-0.1, -0.05) is 54.6 Å². The highest BCUT2D eigenvalue weighted by Crippen LogP contribution is 2.16. The topological polar surface area (TPSA) is 119 Å². The molecule has 3 amide bonds. The highest BCUT2D eigenvalue weighted by atomic mass is 16.6. The highest BCUT2D eigenvalue weighted by Gasteiger charge is 2.27. The van der Waals surface area contributed by atoms with Crippen molar-refractivity contribution in [3.63, 3.8) is 0 Å². The SMILES string of the molecule is CN(C(=O)OC(C)(C)C)[C@@H](CNC(=O)OCc1ccccc1)COC(=O)Nc1cc2ccccc2cn1. The van der Waals surface area contributed by atoms with Crippen LogP contribution in [0.3, 0.4) is 0 Å². The zero-order valence-corrected chi connectivity index (χ0v) is 21.4. The molecule has 0 aliphatic carbocycles. The van der Waals surface area contributed by atoms with Crippen LogP contribution in [0.2, 0.25) is 0 Å². The molecule has 0 aliphatic heterocycles. The number of carbonyl (C=O) groups is 3. The number of ether oxygens (including phenoxy) is 3. The molecule has 3 aromatic rings. The van der Waals surface area contributed by atoms with E-state index in [1.807, 2.05) is 54.6 Å². The van der Waals surface area contributed by atoms with Gasteiger partial charge in [-0.15, -0.1) is 0 Å². The number of alkyl carbamates (subject to hydrolysis) is 1. The fourth-order valence-corrected chi connectivity index (χ4v) is 3.23. The maximum Gasteiger partial charge on any atom is 0.412 e. The van der Waals surface area contributed by atoms with E-state index in [2.05, 4.69) is 15.6 Å². The summed E-state index contributed by atoms with van der Waals surface area (Å²) in [6.07, 6.45) is -0.403. The van der Waals surface area contributed by atoms with E-state index >= 15 is 0 Å². The first-order chi connectivity index (χ1) is 17.6. The van der Waals surface area contributed by atoms with Crippen LogP contribution in [0.25, 0.3) is 10.8 Å². The number of rotatable bonds is 8. The summed E-state index contributed by atoms with van der Waals surface area (Å²) >= 11 is 0. The summed E-state index contributed by atoms with van der Waals surface area (Å²) in [7, 11) is 1.50. The average Bonchev–Trinajstić information content (AvgIpc) is 2.86. The lowest BCUT2D eigenvalue weighted by molar-refractivity contribution is 0.0148. The summed E-state index contributed by atoms with van der Waals surface area (Å²) in [6, 6.07) is 17.8. The van der Waals surface area contributed by atoms with Crippen LogP contribution in [0, 0.1) is 0 Å². The number of pyridine rings is 1. The van der Waals surface area contributed by atoms with Gasteiger partial charge in [-0.05, 0) is 37.8 Å². The van der Waals surface area contributed by atoms with Crippen LogP contribution in [0.15, 0.2) is 66.9 Å². The second kappa shape index (κ2) is 12.6. The fourth-order valence-electron chi connectivity index (χ4n) is 3.23. The Balaban J connectivity index is 1.58. The van der Waals surface area contributed by atoms with Gasteiger partial charge in [-0.2, -0.15) is 0 Å². The van der Waals surface area contributed by atoms with Crippen molar-refractivity contribution in [1.29, 1.82) is 0 Å². The van der Waals surface area contributed by atoms with Gasteiger partial charge < -0.3 is 24.4 Å². The van der Waals surface area contributed by atoms with E-state index in [9.17, 15) is 14.4 Å². The molecular weight excluding hydrogens is 476 g/mol. The molecule has 0 bridgehead atoms. The molecule has 0 radical (unpaired) electrons.